The van der Waals surface area contributed by atoms with Gasteiger partial charge >= 0.3 is 0 Å². The predicted octanol–water partition coefficient (Wildman–Crippen LogP) is 11.9. The minimum Gasteiger partial charge on any atom is -0.313 e. The van der Waals surface area contributed by atoms with Crippen LogP contribution < -0.4 is 0 Å². The molecular formula is C47H49N3. The van der Waals surface area contributed by atoms with Gasteiger partial charge in [-0.05, 0) is 150 Å². The zero-order valence-electron chi connectivity index (χ0n) is 30.7. The third-order valence-corrected chi connectivity index (χ3v) is 11.3. The molecule has 0 spiro atoms. The molecule has 2 aliphatic carbocycles. The van der Waals surface area contributed by atoms with E-state index in [1.807, 2.05) is 0 Å². The van der Waals surface area contributed by atoms with E-state index in [1.165, 1.54) is 92.5 Å². The zero-order chi connectivity index (χ0) is 34.8. The van der Waals surface area contributed by atoms with Crippen LogP contribution in [0, 0.1) is 11.3 Å². The maximum absolute atomic E-state index is 10.1. The molecule has 0 bridgehead atoms. The maximum Gasteiger partial charge on any atom is 0.0918 e. The highest BCUT2D eigenvalue weighted by molar-refractivity contribution is 5.91. The Labute approximate surface area is 297 Å². The molecule has 6 aromatic rings. The van der Waals surface area contributed by atoms with Crippen molar-refractivity contribution in [1.29, 1.82) is 5.26 Å². The van der Waals surface area contributed by atoms with Crippen LogP contribution in [0.2, 0.25) is 0 Å². The molecule has 4 aromatic carbocycles. The summed E-state index contributed by atoms with van der Waals surface area (Å²) in [4.78, 5) is 0. The van der Waals surface area contributed by atoms with Gasteiger partial charge in [-0.2, -0.15) is 5.26 Å². The van der Waals surface area contributed by atoms with Crippen LogP contribution in [0.4, 0.5) is 0 Å². The smallest absolute Gasteiger partial charge is 0.0918 e. The first-order valence-electron chi connectivity index (χ1n) is 18.7. The summed E-state index contributed by atoms with van der Waals surface area (Å²) in [5, 5.41) is 12.9. The maximum atomic E-state index is 10.1. The second-order valence-corrected chi connectivity index (χ2v) is 16.7. The first-order chi connectivity index (χ1) is 24.0. The summed E-state index contributed by atoms with van der Waals surface area (Å²) in [6, 6.07) is 34.3. The molecule has 2 aliphatic rings. The standard InChI is InChI=1S/C47H49N3/c1-46(2,3)33-21-23-44-40(29-33)38-17-7-9-19-42(38)49(44)35-15-11-13-31(27-35)37(25-26-48)32-14-12-16-36(28-32)50-43-20-10-8-18-39(43)41-30-34(47(4,5)6)22-24-45(41)50/h11-16,21-25,27-30H,7-10,17-20H2,1-6H3. The number of aromatic nitrogens is 2. The normalized spacial score (nSPS) is 14.7. The van der Waals surface area contributed by atoms with Crippen molar-refractivity contribution in [1.82, 2.24) is 9.13 Å². The fourth-order valence-electron chi connectivity index (χ4n) is 8.63. The van der Waals surface area contributed by atoms with Gasteiger partial charge in [0.1, 0.15) is 0 Å². The third kappa shape index (κ3) is 5.50. The minimum atomic E-state index is 0.102. The Hall–Kier alpha value is -4.81. The van der Waals surface area contributed by atoms with E-state index in [0.29, 0.717) is 0 Å². The number of benzene rings is 4. The lowest BCUT2D eigenvalue weighted by atomic mass is 9.85. The van der Waals surface area contributed by atoms with Gasteiger partial charge in [0, 0.05) is 39.6 Å². The predicted molar refractivity (Wildman–Crippen MR) is 210 cm³/mol. The second kappa shape index (κ2) is 12.2. The number of rotatable bonds is 4. The summed E-state index contributed by atoms with van der Waals surface area (Å²) in [6.07, 6.45) is 11.1. The van der Waals surface area contributed by atoms with Gasteiger partial charge in [-0.3, -0.25) is 0 Å². The molecule has 0 saturated carbocycles. The zero-order valence-corrected chi connectivity index (χ0v) is 30.7. The van der Waals surface area contributed by atoms with Crippen molar-refractivity contribution in [3.05, 3.63) is 136 Å². The number of hydrogen-bond donors (Lipinski definition) is 0. The van der Waals surface area contributed by atoms with Crippen LogP contribution in [-0.2, 0) is 36.5 Å². The van der Waals surface area contributed by atoms with Crippen molar-refractivity contribution >= 4 is 27.4 Å². The topological polar surface area (TPSA) is 33.6 Å². The molecule has 50 heavy (non-hydrogen) atoms. The van der Waals surface area contributed by atoms with Crippen LogP contribution in [0.25, 0.3) is 38.8 Å². The van der Waals surface area contributed by atoms with Gasteiger partial charge in [0.15, 0.2) is 0 Å². The van der Waals surface area contributed by atoms with Crippen molar-refractivity contribution < 1.29 is 0 Å². The minimum absolute atomic E-state index is 0.102. The second-order valence-electron chi connectivity index (χ2n) is 16.7. The molecule has 8 rings (SSSR count). The van der Waals surface area contributed by atoms with Crippen molar-refractivity contribution in [3.8, 4) is 17.4 Å². The Morgan fingerprint density at radius 1 is 0.580 bits per heavy atom. The molecule has 0 amide bonds. The summed E-state index contributed by atoms with van der Waals surface area (Å²) in [7, 11) is 0. The molecule has 0 unspecified atom stereocenters. The van der Waals surface area contributed by atoms with E-state index in [2.05, 4.69) is 142 Å². The Bertz CT molecular complexity index is 2200. The molecule has 0 saturated heterocycles. The van der Waals surface area contributed by atoms with E-state index in [1.54, 1.807) is 6.08 Å². The molecule has 0 aliphatic heterocycles. The fourth-order valence-corrected chi connectivity index (χ4v) is 8.63. The number of hydrogen-bond acceptors (Lipinski definition) is 1. The van der Waals surface area contributed by atoms with E-state index < -0.39 is 0 Å². The van der Waals surface area contributed by atoms with Gasteiger partial charge in [-0.1, -0.05) is 77.9 Å². The SMILES string of the molecule is CC(C)(C)c1ccc2c(c1)c1c(n2-c2cccc(C(=CC#N)c3cccc(-n4c5c(c6cc(C(C)(C)C)ccc64)CCCC5)c3)c2)CCCC1. The summed E-state index contributed by atoms with van der Waals surface area (Å²) in [6.45, 7) is 13.8. The number of nitrogens with zero attached hydrogens (tertiary/aromatic N) is 3. The molecule has 0 atom stereocenters. The molecule has 0 fully saturated rings. The average molecular weight is 656 g/mol. The van der Waals surface area contributed by atoms with E-state index in [4.69, 9.17) is 0 Å². The van der Waals surface area contributed by atoms with Gasteiger partial charge in [-0.25, -0.2) is 0 Å². The third-order valence-electron chi connectivity index (χ3n) is 11.3. The molecular weight excluding hydrogens is 607 g/mol. The average Bonchev–Trinajstić information content (AvgIpc) is 3.62. The van der Waals surface area contributed by atoms with Crippen LogP contribution in [0.15, 0.2) is 91.0 Å². The quantitative estimate of drug-likeness (QED) is 0.174. The summed E-state index contributed by atoms with van der Waals surface area (Å²) >= 11 is 0. The fraction of sp³-hybridized carbons (Fsp3) is 0.340. The molecule has 0 N–H and O–H groups in total. The highest BCUT2D eigenvalue weighted by Crippen LogP contribution is 2.40. The Morgan fingerprint density at radius 2 is 1.02 bits per heavy atom. The number of aryl methyl sites for hydroxylation is 2. The lowest BCUT2D eigenvalue weighted by Gasteiger charge is -2.19. The number of fused-ring (bicyclic) bond motifs is 6. The van der Waals surface area contributed by atoms with Gasteiger partial charge in [0.25, 0.3) is 0 Å². The van der Waals surface area contributed by atoms with Gasteiger partial charge in [0.2, 0.25) is 0 Å². The Morgan fingerprint density at radius 3 is 1.44 bits per heavy atom. The van der Waals surface area contributed by atoms with E-state index in [-0.39, 0.29) is 10.8 Å². The Balaban J connectivity index is 1.25. The highest BCUT2D eigenvalue weighted by atomic mass is 15.0. The molecule has 2 heterocycles. The summed E-state index contributed by atoms with van der Waals surface area (Å²) in [5.41, 5.74) is 16.9. The van der Waals surface area contributed by atoms with Crippen molar-refractivity contribution in [2.75, 3.05) is 0 Å². The Kier molecular flexibility index (Phi) is 7.91. The molecule has 3 nitrogen and oxygen atoms in total. The first-order valence-corrected chi connectivity index (χ1v) is 18.7. The van der Waals surface area contributed by atoms with Crippen molar-refractivity contribution in [2.24, 2.45) is 0 Å². The van der Waals surface area contributed by atoms with Gasteiger partial charge in [0.05, 0.1) is 17.1 Å². The molecule has 252 valence electrons. The van der Waals surface area contributed by atoms with E-state index >= 15 is 0 Å². The van der Waals surface area contributed by atoms with Crippen molar-refractivity contribution in [3.63, 3.8) is 0 Å². The lowest BCUT2D eigenvalue weighted by Crippen LogP contribution is -2.10. The van der Waals surface area contributed by atoms with Crippen molar-refractivity contribution in [2.45, 2.75) is 104 Å². The van der Waals surface area contributed by atoms with Crippen LogP contribution in [-0.4, -0.2) is 9.13 Å². The molecule has 2 aromatic heterocycles. The molecule has 0 radical (unpaired) electrons. The van der Waals surface area contributed by atoms with Crippen LogP contribution in [0.1, 0.15) is 112 Å². The van der Waals surface area contributed by atoms with Crippen LogP contribution >= 0.6 is 0 Å². The monoisotopic (exact) mass is 655 g/mol. The van der Waals surface area contributed by atoms with E-state index in [9.17, 15) is 5.26 Å². The number of nitriles is 1. The van der Waals surface area contributed by atoms with E-state index in [0.717, 1.165) is 42.4 Å². The highest BCUT2D eigenvalue weighted by Gasteiger charge is 2.25. The first kappa shape index (κ1) is 32.4. The van der Waals surface area contributed by atoms with Gasteiger partial charge in [-0.15, -0.1) is 0 Å². The summed E-state index contributed by atoms with van der Waals surface area (Å²) in [5.74, 6) is 0. The van der Waals surface area contributed by atoms with Crippen LogP contribution in [0.3, 0.4) is 0 Å². The van der Waals surface area contributed by atoms with Crippen LogP contribution in [0.5, 0.6) is 0 Å². The number of allylic oxidation sites excluding steroid dienone is 1. The molecule has 3 heteroatoms. The lowest BCUT2D eigenvalue weighted by molar-refractivity contribution is 0.591. The summed E-state index contributed by atoms with van der Waals surface area (Å²) < 4.78 is 5.01. The van der Waals surface area contributed by atoms with Gasteiger partial charge < -0.3 is 9.13 Å². The largest absolute Gasteiger partial charge is 0.313 e.